The van der Waals surface area contributed by atoms with Crippen LogP contribution in [0, 0.1) is 0 Å². The predicted molar refractivity (Wildman–Crippen MR) is 94.6 cm³/mol. The molecular weight excluding hydrogens is 324 g/mol. The first-order chi connectivity index (χ1) is 11.7. The Labute approximate surface area is 146 Å². The summed E-state index contributed by atoms with van der Waals surface area (Å²) in [5, 5.41) is 2.74. The van der Waals surface area contributed by atoms with E-state index in [9.17, 15) is 9.59 Å². The molecule has 0 aliphatic carbocycles. The Morgan fingerprint density at radius 2 is 1.83 bits per heavy atom. The van der Waals surface area contributed by atoms with Gasteiger partial charge in [0.15, 0.2) is 0 Å². The lowest BCUT2D eigenvalue weighted by Gasteiger charge is -2.23. The van der Waals surface area contributed by atoms with Crippen LogP contribution in [0.15, 0.2) is 17.7 Å². The highest BCUT2D eigenvalue weighted by molar-refractivity contribution is 7.10. The Kier molecular flexibility index (Phi) is 5.98. The van der Waals surface area contributed by atoms with E-state index < -0.39 is 0 Å². The molecule has 0 N–H and O–H groups in total. The van der Waals surface area contributed by atoms with Gasteiger partial charge in [0.05, 0.1) is 6.54 Å². The first-order valence-corrected chi connectivity index (χ1v) is 9.47. The van der Waals surface area contributed by atoms with Crippen LogP contribution in [0.2, 0.25) is 0 Å². The van der Waals surface area contributed by atoms with Crippen molar-refractivity contribution in [2.45, 2.75) is 19.3 Å². The fourth-order valence-electron chi connectivity index (χ4n) is 3.17. The molecule has 0 radical (unpaired) electrons. The van der Waals surface area contributed by atoms with E-state index in [1.807, 2.05) is 15.2 Å². The second-order valence-corrected chi connectivity index (χ2v) is 7.17. The van der Waals surface area contributed by atoms with Crippen LogP contribution in [-0.4, -0.2) is 77.3 Å². The molecule has 0 spiro atoms. The second-order valence-electron chi connectivity index (χ2n) is 6.25. The lowest BCUT2D eigenvalue weighted by molar-refractivity contribution is -0.131. The molecule has 24 heavy (non-hydrogen) atoms. The summed E-state index contributed by atoms with van der Waals surface area (Å²) in [4.78, 5) is 34.7. The summed E-state index contributed by atoms with van der Waals surface area (Å²) < 4.78 is 0. The molecule has 1 aromatic rings. The monoisotopic (exact) mass is 348 g/mol. The molecule has 6 nitrogen and oxygen atoms in total. The molecule has 2 fully saturated rings. The van der Waals surface area contributed by atoms with Crippen LogP contribution in [0.1, 0.15) is 24.3 Å². The Balaban J connectivity index is 1.47. The summed E-state index contributed by atoms with van der Waals surface area (Å²) in [6.45, 7) is 5.34. The van der Waals surface area contributed by atoms with Gasteiger partial charge in [-0.2, -0.15) is 0 Å². The van der Waals surface area contributed by atoms with E-state index in [1.165, 1.54) is 11.3 Å². The van der Waals surface area contributed by atoms with Gasteiger partial charge in [-0.1, -0.05) is 0 Å². The van der Waals surface area contributed by atoms with Gasteiger partial charge < -0.3 is 9.80 Å². The van der Waals surface area contributed by atoms with Crippen molar-refractivity contribution in [1.82, 2.24) is 19.7 Å². The molecule has 0 saturated carbocycles. The average Bonchev–Trinajstić information content (AvgIpc) is 3.24. The number of amides is 2. The van der Waals surface area contributed by atoms with E-state index in [0.29, 0.717) is 13.1 Å². The van der Waals surface area contributed by atoms with Gasteiger partial charge in [0.25, 0.3) is 0 Å². The maximum Gasteiger partial charge on any atom is 0.246 e. The highest BCUT2D eigenvalue weighted by Crippen LogP contribution is 2.11. The van der Waals surface area contributed by atoms with Gasteiger partial charge in [0, 0.05) is 56.9 Å². The molecule has 130 valence electrons. The van der Waals surface area contributed by atoms with Gasteiger partial charge in [0.1, 0.15) is 5.01 Å². The molecule has 0 bridgehead atoms. The molecular formula is C17H24N4O2S. The topological polar surface area (TPSA) is 56.8 Å². The molecule has 0 aromatic carbocycles. The maximum absolute atomic E-state index is 12.3. The Bertz CT molecular complexity index is 581. The Morgan fingerprint density at radius 3 is 2.58 bits per heavy atom. The van der Waals surface area contributed by atoms with E-state index in [4.69, 9.17) is 0 Å². The van der Waals surface area contributed by atoms with Gasteiger partial charge in [-0.05, 0) is 25.3 Å². The van der Waals surface area contributed by atoms with Gasteiger partial charge >= 0.3 is 0 Å². The van der Waals surface area contributed by atoms with E-state index in [0.717, 1.165) is 57.0 Å². The number of carbonyl (C=O) groups is 2. The third-order valence-electron chi connectivity index (χ3n) is 4.54. The second kappa shape index (κ2) is 8.39. The number of likely N-dealkylation sites (tertiary alicyclic amines) is 1. The summed E-state index contributed by atoms with van der Waals surface area (Å²) in [6.07, 6.45) is 8.26. The van der Waals surface area contributed by atoms with Gasteiger partial charge in [-0.3, -0.25) is 14.5 Å². The van der Waals surface area contributed by atoms with Crippen molar-refractivity contribution in [3.63, 3.8) is 0 Å². The molecule has 3 heterocycles. The zero-order valence-electron chi connectivity index (χ0n) is 13.9. The third-order valence-corrected chi connectivity index (χ3v) is 5.28. The van der Waals surface area contributed by atoms with Crippen LogP contribution in [0.25, 0.3) is 6.08 Å². The maximum atomic E-state index is 12.3. The average molecular weight is 348 g/mol. The summed E-state index contributed by atoms with van der Waals surface area (Å²) >= 11 is 1.52. The first-order valence-electron chi connectivity index (χ1n) is 8.59. The first kappa shape index (κ1) is 17.1. The molecule has 1 aromatic heterocycles. The van der Waals surface area contributed by atoms with Crippen LogP contribution in [0.3, 0.4) is 0 Å². The minimum atomic E-state index is 0.0259. The summed E-state index contributed by atoms with van der Waals surface area (Å²) in [5.74, 6) is 0.258. The molecule has 0 atom stereocenters. The van der Waals surface area contributed by atoms with Crippen molar-refractivity contribution in [3.8, 4) is 0 Å². The van der Waals surface area contributed by atoms with Crippen LogP contribution in [0.4, 0.5) is 0 Å². The minimum Gasteiger partial charge on any atom is -0.342 e. The highest BCUT2D eigenvalue weighted by Gasteiger charge is 2.23. The quantitative estimate of drug-likeness (QED) is 0.770. The largest absolute Gasteiger partial charge is 0.342 e. The van der Waals surface area contributed by atoms with Gasteiger partial charge in [-0.15, -0.1) is 11.3 Å². The number of hydrogen-bond acceptors (Lipinski definition) is 5. The Hall–Kier alpha value is -1.73. The number of nitrogens with zero attached hydrogens (tertiary/aromatic N) is 4. The molecule has 3 rings (SSSR count). The minimum absolute atomic E-state index is 0.0259. The fraction of sp³-hybridized carbons (Fsp3) is 0.588. The molecule has 2 saturated heterocycles. The number of hydrogen-bond donors (Lipinski definition) is 0. The lowest BCUT2D eigenvalue weighted by atomic mass is 10.3. The predicted octanol–water partition coefficient (Wildman–Crippen LogP) is 1.31. The zero-order chi connectivity index (χ0) is 16.8. The number of thiazole rings is 1. The van der Waals surface area contributed by atoms with Gasteiger partial charge in [-0.25, -0.2) is 4.98 Å². The van der Waals surface area contributed by atoms with Crippen molar-refractivity contribution >= 4 is 29.2 Å². The van der Waals surface area contributed by atoms with Crippen molar-refractivity contribution in [3.05, 3.63) is 22.7 Å². The molecule has 0 unspecified atom stereocenters. The van der Waals surface area contributed by atoms with Crippen LogP contribution < -0.4 is 0 Å². The molecule has 2 amide bonds. The SMILES string of the molecule is O=C(/C=C\c1nccs1)N1CCCN(CC(=O)N2CCCC2)CC1. The number of rotatable bonds is 4. The van der Waals surface area contributed by atoms with E-state index in [-0.39, 0.29) is 11.8 Å². The van der Waals surface area contributed by atoms with E-state index in [2.05, 4.69) is 9.88 Å². The van der Waals surface area contributed by atoms with Crippen molar-refractivity contribution in [2.75, 3.05) is 45.8 Å². The molecule has 2 aliphatic rings. The molecule has 2 aliphatic heterocycles. The summed E-state index contributed by atoms with van der Waals surface area (Å²) in [5.41, 5.74) is 0. The van der Waals surface area contributed by atoms with Crippen molar-refractivity contribution in [1.29, 1.82) is 0 Å². The summed E-state index contributed by atoms with van der Waals surface area (Å²) in [7, 11) is 0. The standard InChI is InChI=1S/C17H24N4O2S/c22-16(5-4-15-18-6-13-24-15)21-10-3-7-19(11-12-21)14-17(23)20-8-1-2-9-20/h4-6,13H,1-3,7-12,14H2/b5-4-. The fourth-order valence-corrected chi connectivity index (χ4v) is 3.70. The summed E-state index contributed by atoms with van der Waals surface area (Å²) in [6, 6.07) is 0. The smallest absolute Gasteiger partial charge is 0.246 e. The van der Waals surface area contributed by atoms with Gasteiger partial charge in [0.2, 0.25) is 11.8 Å². The number of carbonyl (C=O) groups excluding carboxylic acids is 2. The van der Waals surface area contributed by atoms with E-state index in [1.54, 1.807) is 18.3 Å². The van der Waals surface area contributed by atoms with Crippen molar-refractivity contribution in [2.24, 2.45) is 0 Å². The molecule has 7 heteroatoms. The zero-order valence-corrected chi connectivity index (χ0v) is 14.7. The van der Waals surface area contributed by atoms with E-state index >= 15 is 0 Å². The third kappa shape index (κ3) is 4.64. The van der Waals surface area contributed by atoms with Crippen LogP contribution in [-0.2, 0) is 9.59 Å². The van der Waals surface area contributed by atoms with Crippen molar-refractivity contribution < 1.29 is 9.59 Å². The lowest BCUT2D eigenvalue weighted by Crippen LogP contribution is -2.41. The normalized spacial score (nSPS) is 19.8. The van der Waals surface area contributed by atoms with Crippen LogP contribution >= 0.6 is 11.3 Å². The highest BCUT2D eigenvalue weighted by atomic mass is 32.1. The number of aromatic nitrogens is 1. The van der Waals surface area contributed by atoms with Crippen LogP contribution in [0.5, 0.6) is 0 Å². The Morgan fingerprint density at radius 1 is 1.04 bits per heavy atom.